The largest absolute Gasteiger partial charge is 0.458 e. The van der Waals surface area contributed by atoms with Gasteiger partial charge in [0.25, 0.3) is 0 Å². The first kappa shape index (κ1) is 24.9. The van der Waals surface area contributed by atoms with Crippen LogP contribution in [0.15, 0.2) is 26.0 Å². The molecule has 10 nitrogen and oxygen atoms in total. The standard InChI is InChI=1S/C22H31ClFN5O5/c1-22(2,3)34-21(30)29-12-6-7-13(29)10-28(9-12)19-14-8-25-18(23)16(24)17(14)26-20(27-19)33-11-15(31-4)32-5/h8,12-15,17H,6-7,9-11H2,1-5H3. The fourth-order valence-electron chi connectivity index (χ4n) is 4.66. The van der Waals surface area contributed by atoms with Crippen LogP contribution in [0.3, 0.4) is 0 Å². The van der Waals surface area contributed by atoms with E-state index in [1.165, 1.54) is 14.2 Å². The second-order valence-corrected chi connectivity index (χ2v) is 10.0. The number of aliphatic imine (C=N–C) groups is 3. The summed E-state index contributed by atoms with van der Waals surface area (Å²) in [5, 5.41) is -0.230. The SMILES string of the molecule is COC(COC1=NC2C(F)=C(Cl)N=CC2C(N2CC3CCC(C2)N3C(=O)OC(C)(C)C)=N1)OC. The third-order valence-corrected chi connectivity index (χ3v) is 6.47. The van der Waals surface area contributed by atoms with Crippen molar-refractivity contribution >= 4 is 35.8 Å². The van der Waals surface area contributed by atoms with E-state index in [4.69, 9.17) is 30.5 Å². The minimum absolute atomic E-state index is 0.0205. The molecule has 0 saturated carbocycles. The molecule has 2 bridgehead atoms. The number of amidine groups is 2. The zero-order chi connectivity index (χ0) is 24.6. The molecule has 4 heterocycles. The Balaban J connectivity index is 1.56. The van der Waals surface area contributed by atoms with Crippen molar-refractivity contribution in [1.82, 2.24) is 9.80 Å². The van der Waals surface area contributed by atoms with Gasteiger partial charge in [-0.3, -0.25) is 4.90 Å². The first-order chi connectivity index (χ1) is 16.1. The number of carbonyl (C=O) groups excluding carboxylic acids is 1. The second-order valence-electron chi connectivity index (χ2n) is 9.66. The number of ether oxygens (including phenoxy) is 4. The summed E-state index contributed by atoms with van der Waals surface area (Å²) in [6.45, 7) is 6.68. The summed E-state index contributed by atoms with van der Waals surface area (Å²) >= 11 is 5.95. The van der Waals surface area contributed by atoms with Crippen LogP contribution < -0.4 is 0 Å². The van der Waals surface area contributed by atoms with Crippen molar-refractivity contribution in [2.45, 2.75) is 63.6 Å². The Labute approximate surface area is 203 Å². The number of amides is 1. The number of fused-ring (bicyclic) bond motifs is 3. The molecule has 0 radical (unpaired) electrons. The maximum atomic E-state index is 14.9. The van der Waals surface area contributed by atoms with Gasteiger partial charge < -0.3 is 23.8 Å². The highest BCUT2D eigenvalue weighted by molar-refractivity contribution is 6.30. The zero-order valence-electron chi connectivity index (χ0n) is 20.0. The van der Waals surface area contributed by atoms with Crippen LogP contribution in [0.5, 0.6) is 0 Å². The quantitative estimate of drug-likeness (QED) is 0.436. The van der Waals surface area contributed by atoms with Crippen LogP contribution in [-0.4, -0.2) is 97.9 Å². The van der Waals surface area contributed by atoms with Crippen LogP contribution in [0.2, 0.25) is 0 Å². The Morgan fingerprint density at radius 3 is 2.47 bits per heavy atom. The molecular weight excluding hydrogens is 469 g/mol. The Morgan fingerprint density at radius 2 is 1.88 bits per heavy atom. The van der Waals surface area contributed by atoms with Crippen molar-refractivity contribution in [2.24, 2.45) is 20.9 Å². The van der Waals surface area contributed by atoms with Gasteiger partial charge in [0.15, 0.2) is 17.3 Å². The Bertz CT molecular complexity index is 915. The van der Waals surface area contributed by atoms with Gasteiger partial charge in [0.2, 0.25) is 0 Å². The average Bonchev–Trinajstić information content (AvgIpc) is 3.05. The fourth-order valence-corrected chi connectivity index (χ4v) is 4.83. The lowest BCUT2D eigenvalue weighted by atomic mass is 9.94. The van der Waals surface area contributed by atoms with Gasteiger partial charge in [-0.15, -0.1) is 0 Å². The Kier molecular flexibility index (Phi) is 7.16. The van der Waals surface area contributed by atoms with Crippen molar-refractivity contribution in [3.63, 3.8) is 0 Å². The van der Waals surface area contributed by atoms with E-state index in [0.29, 0.717) is 18.9 Å². The predicted octanol–water partition coefficient (Wildman–Crippen LogP) is 2.92. The predicted molar refractivity (Wildman–Crippen MR) is 125 cm³/mol. The first-order valence-electron chi connectivity index (χ1n) is 11.3. The number of hydrogen-bond acceptors (Lipinski definition) is 9. The number of halogens is 2. The molecule has 0 aliphatic carbocycles. The van der Waals surface area contributed by atoms with Crippen LogP contribution in [0.25, 0.3) is 0 Å². The minimum Gasteiger partial charge on any atom is -0.458 e. The molecule has 0 spiro atoms. The molecule has 4 aliphatic heterocycles. The number of hydrogen-bond donors (Lipinski definition) is 0. The van der Waals surface area contributed by atoms with Crippen LogP contribution in [0.1, 0.15) is 33.6 Å². The van der Waals surface area contributed by atoms with E-state index < -0.39 is 29.7 Å². The molecule has 2 saturated heterocycles. The monoisotopic (exact) mass is 499 g/mol. The lowest BCUT2D eigenvalue weighted by Crippen LogP contribution is -2.60. The summed E-state index contributed by atoms with van der Waals surface area (Å²) in [4.78, 5) is 29.7. The molecule has 4 unspecified atom stereocenters. The highest BCUT2D eigenvalue weighted by atomic mass is 35.5. The van der Waals surface area contributed by atoms with Gasteiger partial charge >= 0.3 is 12.1 Å². The molecule has 1 amide bonds. The van der Waals surface area contributed by atoms with Crippen molar-refractivity contribution in [1.29, 1.82) is 0 Å². The third-order valence-electron chi connectivity index (χ3n) is 6.19. The molecule has 0 N–H and O–H groups in total. The minimum atomic E-state index is -0.919. The molecule has 4 atom stereocenters. The molecule has 34 heavy (non-hydrogen) atoms. The molecule has 4 rings (SSSR count). The molecule has 4 aliphatic rings. The highest BCUT2D eigenvalue weighted by Gasteiger charge is 2.48. The van der Waals surface area contributed by atoms with Gasteiger partial charge in [0.05, 0.1) is 18.0 Å². The van der Waals surface area contributed by atoms with Crippen LogP contribution in [0, 0.1) is 5.92 Å². The van der Waals surface area contributed by atoms with E-state index in [1.54, 1.807) is 6.21 Å². The van der Waals surface area contributed by atoms with E-state index in [2.05, 4.69) is 19.9 Å². The lowest BCUT2D eigenvalue weighted by molar-refractivity contribution is -0.124. The van der Waals surface area contributed by atoms with Gasteiger partial charge in [0, 0.05) is 33.5 Å². The van der Waals surface area contributed by atoms with Gasteiger partial charge in [-0.1, -0.05) is 11.6 Å². The normalized spacial score (nSPS) is 28.7. The van der Waals surface area contributed by atoms with Gasteiger partial charge in [-0.25, -0.2) is 19.2 Å². The van der Waals surface area contributed by atoms with Crippen LogP contribution >= 0.6 is 11.6 Å². The van der Waals surface area contributed by atoms with Crippen LogP contribution in [-0.2, 0) is 18.9 Å². The third kappa shape index (κ3) is 5.06. The summed E-state index contributed by atoms with van der Waals surface area (Å²) in [5.74, 6) is -0.568. The van der Waals surface area contributed by atoms with Crippen LogP contribution in [0.4, 0.5) is 9.18 Å². The fraction of sp³-hybridized carbons (Fsp3) is 0.727. The topological polar surface area (TPSA) is 97.6 Å². The van der Waals surface area contributed by atoms with E-state index in [-0.39, 0.29) is 36.0 Å². The zero-order valence-corrected chi connectivity index (χ0v) is 20.8. The van der Waals surface area contributed by atoms with E-state index >= 15 is 0 Å². The van der Waals surface area contributed by atoms with Gasteiger partial charge in [-0.2, -0.15) is 4.99 Å². The Morgan fingerprint density at radius 1 is 1.24 bits per heavy atom. The molecule has 0 aromatic heterocycles. The number of rotatable bonds is 4. The smallest absolute Gasteiger partial charge is 0.410 e. The lowest BCUT2D eigenvalue weighted by Gasteiger charge is -2.44. The summed E-state index contributed by atoms with van der Waals surface area (Å²) < 4.78 is 36.5. The number of methoxy groups -OCH3 is 2. The summed E-state index contributed by atoms with van der Waals surface area (Å²) in [7, 11) is 2.98. The van der Waals surface area contributed by atoms with E-state index in [0.717, 1.165) is 12.8 Å². The molecule has 188 valence electrons. The van der Waals surface area contributed by atoms with Crippen molar-refractivity contribution in [2.75, 3.05) is 33.9 Å². The first-order valence-corrected chi connectivity index (χ1v) is 11.7. The molecule has 2 fully saturated rings. The molecule has 12 heteroatoms. The maximum Gasteiger partial charge on any atom is 0.410 e. The van der Waals surface area contributed by atoms with Gasteiger partial charge in [0.1, 0.15) is 24.1 Å². The summed E-state index contributed by atoms with van der Waals surface area (Å²) in [6, 6.07) is -0.965. The summed E-state index contributed by atoms with van der Waals surface area (Å²) in [6.07, 6.45) is 2.36. The average molecular weight is 500 g/mol. The van der Waals surface area contributed by atoms with Gasteiger partial charge in [-0.05, 0) is 33.6 Å². The molecular formula is C22H31ClFN5O5. The molecule has 0 aromatic carbocycles. The van der Waals surface area contributed by atoms with E-state index in [1.807, 2.05) is 25.7 Å². The maximum absolute atomic E-state index is 14.9. The molecule has 0 aromatic rings. The number of carbonyl (C=O) groups is 1. The summed E-state index contributed by atoms with van der Waals surface area (Å²) in [5.41, 5.74) is -0.568. The van der Waals surface area contributed by atoms with Crippen molar-refractivity contribution < 1.29 is 28.1 Å². The second kappa shape index (κ2) is 9.79. The highest BCUT2D eigenvalue weighted by Crippen LogP contribution is 2.36. The number of likely N-dealkylation sites (tertiary alicyclic amines) is 1. The van der Waals surface area contributed by atoms with Crippen molar-refractivity contribution in [3.8, 4) is 0 Å². The number of nitrogens with zero attached hydrogens (tertiary/aromatic N) is 5. The van der Waals surface area contributed by atoms with E-state index in [9.17, 15) is 9.18 Å². The van der Waals surface area contributed by atoms with Crippen molar-refractivity contribution in [3.05, 3.63) is 11.0 Å². The Hall–Kier alpha value is -2.24. The number of piperazine rings is 1.